The van der Waals surface area contributed by atoms with Crippen LogP contribution >= 0.6 is 0 Å². The first-order valence-corrected chi connectivity index (χ1v) is 13.4. The zero-order valence-corrected chi connectivity index (χ0v) is 20.3. The van der Waals surface area contributed by atoms with E-state index in [2.05, 4.69) is 12.1 Å². The van der Waals surface area contributed by atoms with Gasteiger partial charge in [0.05, 0.1) is 5.41 Å². The Morgan fingerprint density at radius 3 is 2.23 bits per heavy atom. The van der Waals surface area contributed by atoms with E-state index in [4.69, 9.17) is 0 Å². The number of imide groups is 1. The van der Waals surface area contributed by atoms with E-state index in [1.165, 1.54) is 30.6 Å². The Morgan fingerprint density at radius 1 is 0.829 bits per heavy atom. The zero-order chi connectivity index (χ0) is 24.0. The van der Waals surface area contributed by atoms with Crippen molar-refractivity contribution in [2.24, 2.45) is 11.8 Å². The van der Waals surface area contributed by atoms with Gasteiger partial charge in [0.15, 0.2) is 0 Å². The smallest absolute Gasteiger partial charge is 0.241 e. The summed E-state index contributed by atoms with van der Waals surface area (Å²) in [4.78, 5) is 44.1. The van der Waals surface area contributed by atoms with Gasteiger partial charge in [-0.15, -0.1) is 0 Å². The van der Waals surface area contributed by atoms with Gasteiger partial charge in [0.25, 0.3) is 0 Å². The Hall–Kier alpha value is -2.95. The third kappa shape index (κ3) is 4.09. The fraction of sp³-hybridized carbons (Fsp3) is 0.500. The summed E-state index contributed by atoms with van der Waals surface area (Å²) in [6.45, 7) is 1.58. The van der Waals surface area contributed by atoms with Crippen LogP contribution in [0.2, 0.25) is 0 Å². The van der Waals surface area contributed by atoms with E-state index in [-0.39, 0.29) is 36.6 Å². The van der Waals surface area contributed by atoms with Crippen LogP contribution in [0.1, 0.15) is 63.4 Å². The summed E-state index contributed by atoms with van der Waals surface area (Å²) in [6.07, 6.45) is 8.06. The molecule has 2 aliphatic carbocycles. The molecule has 2 saturated heterocycles. The summed E-state index contributed by atoms with van der Waals surface area (Å²) in [6, 6.07) is 18.1. The molecule has 2 heterocycles. The van der Waals surface area contributed by atoms with Crippen LogP contribution in [0, 0.1) is 11.8 Å². The number of likely N-dealkylation sites (tertiary alicyclic amines) is 2. The molecule has 2 saturated carbocycles. The average molecular weight is 471 g/mol. The second-order valence-corrected chi connectivity index (χ2v) is 11.1. The van der Waals surface area contributed by atoms with Gasteiger partial charge in [0.2, 0.25) is 17.7 Å². The van der Waals surface area contributed by atoms with Crippen molar-refractivity contribution < 1.29 is 14.4 Å². The molecule has 182 valence electrons. The molecule has 2 aromatic rings. The maximum atomic E-state index is 13.9. The molecule has 35 heavy (non-hydrogen) atoms. The molecule has 0 aromatic heterocycles. The van der Waals surface area contributed by atoms with E-state index in [0.717, 1.165) is 55.0 Å². The summed E-state index contributed by atoms with van der Waals surface area (Å²) >= 11 is 0. The van der Waals surface area contributed by atoms with Crippen molar-refractivity contribution in [3.05, 3.63) is 60.2 Å². The maximum absolute atomic E-state index is 13.9. The van der Waals surface area contributed by atoms with Crippen molar-refractivity contribution in [1.82, 2.24) is 9.80 Å². The van der Waals surface area contributed by atoms with Crippen LogP contribution in [-0.4, -0.2) is 46.7 Å². The SMILES string of the molecule is O=C(C[C@]1(c2ccc(-c3ccccc3)cc2)CC(=O)N(C2CC2)C1=O)N1CC[C@@H]2CCCC[C@H]2C1. The Labute approximate surface area is 207 Å². The molecule has 2 aromatic carbocycles. The fourth-order valence-electron chi connectivity index (χ4n) is 6.74. The van der Waals surface area contributed by atoms with Crippen LogP contribution in [0.3, 0.4) is 0 Å². The molecule has 0 unspecified atom stereocenters. The van der Waals surface area contributed by atoms with Crippen LogP contribution < -0.4 is 0 Å². The number of nitrogens with zero attached hydrogens (tertiary/aromatic N) is 2. The van der Waals surface area contributed by atoms with Gasteiger partial charge in [-0.25, -0.2) is 0 Å². The quantitative estimate of drug-likeness (QED) is 0.582. The van der Waals surface area contributed by atoms with Crippen molar-refractivity contribution in [1.29, 1.82) is 0 Å². The number of amides is 3. The minimum absolute atomic E-state index is 0.0218. The van der Waals surface area contributed by atoms with E-state index in [0.29, 0.717) is 5.92 Å². The number of carbonyl (C=O) groups excluding carboxylic acids is 3. The van der Waals surface area contributed by atoms with Gasteiger partial charge in [-0.3, -0.25) is 19.3 Å². The molecule has 0 spiro atoms. The Morgan fingerprint density at radius 2 is 1.51 bits per heavy atom. The van der Waals surface area contributed by atoms with E-state index in [9.17, 15) is 14.4 Å². The molecule has 6 rings (SSSR count). The van der Waals surface area contributed by atoms with Crippen LogP contribution in [0.4, 0.5) is 0 Å². The third-order valence-electron chi connectivity index (χ3n) is 8.90. The van der Waals surface area contributed by atoms with E-state index < -0.39 is 5.41 Å². The first kappa shape index (κ1) is 22.5. The van der Waals surface area contributed by atoms with E-state index in [1.54, 1.807) is 0 Å². The molecule has 5 heteroatoms. The summed E-state index contributed by atoms with van der Waals surface area (Å²) in [7, 11) is 0. The minimum Gasteiger partial charge on any atom is -0.342 e. The van der Waals surface area contributed by atoms with Crippen LogP contribution in [0.5, 0.6) is 0 Å². The monoisotopic (exact) mass is 470 g/mol. The van der Waals surface area contributed by atoms with Gasteiger partial charge < -0.3 is 4.90 Å². The Balaban J connectivity index is 1.29. The maximum Gasteiger partial charge on any atom is 0.241 e. The molecule has 0 bridgehead atoms. The summed E-state index contributed by atoms with van der Waals surface area (Å²) in [5.74, 6) is 1.07. The first-order valence-electron chi connectivity index (χ1n) is 13.4. The fourth-order valence-corrected chi connectivity index (χ4v) is 6.74. The lowest BCUT2D eigenvalue weighted by atomic mass is 9.73. The van der Waals surface area contributed by atoms with Crippen molar-refractivity contribution in [2.75, 3.05) is 13.1 Å². The molecule has 5 nitrogen and oxygen atoms in total. The van der Waals surface area contributed by atoms with E-state index in [1.807, 2.05) is 47.4 Å². The third-order valence-corrected chi connectivity index (χ3v) is 8.90. The van der Waals surface area contributed by atoms with Crippen LogP contribution in [0.15, 0.2) is 54.6 Å². The number of benzene rings is 2. The number of carbonyl (C=O) groups is 3. The molecule has 3 atom stereocenters. The molecule has 4 aliphatic rings. The highest BCUT2D eigenvalue weighted by atomic mass is 16.2. The van der Waals surface area contributed by atoms with Gasteiger partial charge in [-0.2, -0.15) is 0 Å². The average Bonchev–Trinajstić information content (AvgIpc) is 3.70. The van der Waals surface area contributed by atoms with Gasteiger partial charge in [-0.05, 0) is 54.2 Å². The van der Waals surface area contributed by atoms with E-state index >= 15 is 0 Å². The molecule has 0 radical (unpaired) electrons. The van der Waals surface area contributed by atoms with Crippen molar-refractivity contribution >= 4 is 17.7 Å². The largest absolute Gasteiger partial charge is 0.342 e. The number of fused-ring (bicyclic) bond motifs is 1. The molecular weight excluding hydrogens is 436 g/mol. The van der Waals surface area contributed by atoms with Crippen molar-refractivity contribution in [2.45, 2.75) is 69.2 Å². The van der Waals surface area contributed by atoms with Crippen LogP contribution in [0.25, 0.3) is 11.1 Å². The zero-order valence-electron chi connectivity index (χ0n) is 20.3. The Kier molecular flexibility index (Phi) is 5.74. The molecule has 3 amide bonds. The molecular formula is C30H34N2O3. The predicted octanol–water partition coefficient (Wildman–Crippen LogP) is 4.94. The highest BCUT2D eigenvalue weighted by molar-refractivity contribution is 6.11. The van der Waals surface area contributed by atoms with Crippen molar-refractivity contribution in [3.63, 3.8) is 0 Å². The van der Waals surface area contributed by atoms with Crippen molar-refractivity contribution in [3.8, 4) is 11.1 Å². The highest BCUT2D eigenvalue weighted by Gasteiger charge is 2.57. The molecule has 4 fully saturated rings. The number of hydrogen-bond acceptors (Lipinski definition) is 3. The number of hydrogen-bond donors (Lipinski definition) is 0. The first-order chi connectivity index (χ1) is 17.0. The second kappa shape index (κ2) is 8.92. The standard InChI is InChI=1S/C30H34N2O3/c33-27(31-17-16-22-8-4-5-9-24(22)20-31)18-30(19-28(34)32(29(30)35)26-14-15-26)25-12-10-23(11-13-25)21-6-2-1-3-7-21/h1-3,6-7,10-13,22,24,26H,4-5,8-9,14-20H2/t22-,24-,30+/m0/s1. The lowest BCUT2D eigenvalue weighted by Gasteiger charge is -2.42. The van der Waals surface area contributed by atoms with Crippen LogP contribution in [-0.2, 0) is 19.8 Å². The summed E-state index contributed by atoms with van der Waals surface area (Å²) in [5.41, 5.74) is 1.87. The Bertz CT molecular complexity index is 1120. The van der Waals surface area contributed by atoms with Gasteiger partial charge >= 0.3 is 0 Å². The second-order valence-electron chi connectivity index (χ2n) is 11.1. The summed E-state index contributed by atoms with van der Waals surface area (Å²) < 4.78 is 0. The topological polar surface area (TPSA) is 57.7 Å². The lowest BCUT2D eigenvalue weighted by molar-refractivity contribution is -0.144. The van der Waals surface area contributed by atoms with Gasteiger partial charge in [-0.1, -0.05) is 73.9 Å². The van der Waals surface area contributed by atoms with Gasteiger partial charge in [0, 0.05) is 32.0 Å². The van der Waals surface area contributed by atoms with Gasteiger partial charge in [0.1, 0.15) is 0 Å². The predicted molar refractivity (Wildman–Crippen MR) is 134 cm³/mol. The minimum atomic E-state index is -1.09. The highest BCUT2D eigenvalue weighted by Crippen LogP contribution is 2.45. The number of piperidine rings is 1. The normalized spacial score (nSPS) is 28.8. The molecule has 0 N–H and O–H groups in total. The number of rotatable bonds is 5. The lowest BCUT2D eigenvalue weighted by Crippen LogP contribution is -2.48. The summed E-state index contributed by atoms with van der Waals surface area (Å²) in [5, 5.41) is 0. The molecule has 2 aliphatic heterocycles.